The summed E-state index contributed by atoms with van der Waals surface area (Å²) in [6.07, 6.45) is 5.18. The molecule has 1 fully saturated rings. The fourth-order valence-corrected chi connectivity index (χ4v) is 3.14. The second-order valence-corrected chi connectivity index (χ2v) is 5.31. The zero-order valence-electron chi connectivity index (χ0n) is 11.1. The van der Waals surface area contributed by atoms with Gasteiger partial charge in [-0.1, -0.05) is 42.5 Å². The Bertz CT molecular complexity index is 526. The van der Waals surface area contributed by atoms with Gasteiger partial charge < -0.3 is 5.11 Å². The number of allylic oxidation sites excluding steroid dienone is 2. The summed E-state index contributed by atoms with van der Waals surface area (Å²) in [5.41, 5.74) is 0.795. The van der Waals surface area contributed by atoms with Crippen LogP contribution in [0.3, 0.4) is 0 Å². The van der Waals surface area contributed by atoms with Gasteiger partial charge in [0.2, 0.25) is 11.8 Å². The van der Waals surface area contributed by atoms with Crippen molar-refractivity contribution in [2.45, 2.75) is 18.9 Å². The van der Waals surface area contributed by atoms with E-state index in [-0.39, 0.29) is 30.3 Å². The predicted molar refractivity (Wildman–Crippen MR) is 73.5 cm³/mol. The lowest BCUT2D eigenvalue weighted by Gasteiger charge is -2.25. The van der Waals surface area contributed by atoms with Gasteiger partial charge in [-0.05, 0) is 18.4 Å². The maximum atomic E-state index is 12.5. The summed E-state index contributed by atoms with van der Waals surface area (Å²) in [6, 6.07) is 8.66. The van der Waals surface area contributed by atoms with Crippen molar-refractivity contribution < 1.29 is 14.7 Å². The lowest BCUT2D eigenvalue weighted by atomic mass is 9.85. The zero-order chi connectivity index (χ0) is 14.1. The van der Waals surface area contributed by atoms with Gasteiger partial charge >= 0.3 is 0 Å². The lowest BCUT2D eigenvalue weighted by Crippen LogP contribution is -2.37. The number of rotatable bonds is 3. The normalized spacial score (nSPS) is 26.8. The van der Waals surface area contributed by atoms with Crippen molar-refractivity contribution in [2.24, 2.45) is 11.8 Å². The number of fused-ring (bicyclic) bond motifs is 1. The molecule has 3 atom stereocenters. The highest BCUT2D eigenvalue weighted by molar-refractivity contribution is 6.05. The number of aliphatic hydroxyl groups is 1. The highest BCUT2D eigenvalue weighted by atomic mass is 16.3. The molecule has 1 heterocycles. The smallest absolute Gasteiger partial charge is 0.234 e. The van der Waals surface area contributed by atoms with E-state index in [1.165, 1.54) is 4.90 Å². The minimum absolute atomic E-state index is 0.146. The first kappa shape index (κ1) is 13.1. The Morgan fingerprint density at radius 2 is 1.60 bits per heavy atom. The van der Waals surface area contributed by atoms with Crippen LogP contribution in [0.4, 0.5) is 0 Å². The standard InChI is InChI=1S/C16H17NO3/c18-10-14(11-6-2-1-3-7-11)17-15(19)12-8-4-5-9-13(12)16(17)20/h1-7,12-14,18H,8-10H2. The van der Waals surface area contributed by atoms with Crippen molar-refractivity contribution in [3.63, 3.8) is 0 Å². The highest BCUT2D eigenvalue weighted by Gasteiger charge is 2.49. The molecule has 1 aromatic carbocycles. The quantitative estimate of drug-likeness (QED) is 0.672. The maximum Gasteiger partial charge on any atom is 0.234 e. The van der Waals surface area contributed by atoms with Crippen molar-refractivity contribution in [3.8, 4) is 0 Å². The summed E-state index contributed by atoms with van der Waals surface area (Å²) < 4.78 is 0. The fraction of sp³-hybridized carbons (Fsp3) is 0.375. The molecule has 1 aliphatic heterocycles. The topological polar surface area (TPSA) is 57.6 Å². The third kappa shape index (κ3) is 1.96. The first-order valence-corrected chi connectivity index (χ1v) is 6.91. The minimum Gasteiger partial charge on any atom is -0.394 e. The van der Waals surface area contributed by atoms with Crippen LogP contribution in [0.25, 0.3) is 0 Å². The van der Waals surface area contributed by atoms with Crippen molar-refractivity contribution in [3.05, 3.63) is 48.0 Å². The number of imide groups is 1. The van der Waals surface area contributed by atoms with Crippen LogP contribution in [-0.2, 0) is 9.59 Å². The van der Waals surface area contributed by atoms with E-state index >= 15 is 0 Å². The zero-order valence-corrected chi connectivity index (χ0v) is 11.1. The first-order valence-electron chi connectivity index (χ1n) is 6.91. The number of hydrogen-bond donors (Lipinski definition) is 1. The summed E-state index contributed by atoms with van der Waals surface area (Å²) >= 11 is 0. The Kier molecular flexibility index (Phi) is 3.40. The number of hydrogen-bond acceptors (Lipinski definition) is 3. The van der Waals surface area contributed by atoms with Crippen LogP contribution in [0, 0.1) is 11.8 Å². The van der Waals surface area contributed by atoms with E-state index in [1.807, 2.05) is 42.5 Å². The van der Waals surface area contributed by atoms with Gasteiger partial charge in [-0.15, -0.1) is 0 Å². The molecule has 4 nitrogen and oxygen atoms in total. The molecule has 4 heteroatoms. The van der Waals surface area contributed by atoms with Crippen molar-refractivity contribution in [1.82, 2.24) is 4.90 Å². The van der Waals surface area contributed by atoms with Gasteiger partial charge in [0.05, 0.1) is 24.5 Å². The SMILES string of the molecule is O=C1C2CC=CCC2C(=O)N1C(CO)c1ccccc1. The molecule has 3 unspecified atom stereocenters. The Morgan fingerprint density at radius 1 is 1.05 bits per heavy atom. The highest BCUT2D eigenvalue weighted by Crippen LogP contribution is 2.39. The van der Waals surface area contributed by atoms with E-state index in [0.29, 0.717) is 12.8 Å². The number of aliphatic hydroxyl groups excluding tert-OH is 1. The second kappa shape index (κ2) is 5.21. The van der Waals surface area contributed by atoms with E-state index in [4.69, 9.17) is 0 Å². The third-order valence-corrected chi connectivity index (χ3v) is 4.21. The Hall–Kier alpha value is -1.94. The molecule has 0 spiro atoms. The van der Waals surface area contributed by atoms with Gasteiger partial charge in [-0.3, -0.25) is 14.5 Å². The van der Waals surface area contributed by atoms with Gasteiger partial charge in [0.25, 0.3) is 0 Å². The van der Waals surface area contributed by atoms with E-state index < -0.39 is 6.04 Å². The van der Waals surface area contributed by atoms with Crippen molar-refractivity contribution >= 4 is 11.8 Å². The molecule has 2 aliphatic rings. The number of carbonyl (C=O) groups excluding carboxylic acids is 2. The monoisotopic (exact) mass is 271 g/mol. The number of carbonyl (C=O) groups is 2. The molecule has 104 valence electrons. The lowest BCUT2D eigenvalue weighted by molar-refractivity contribution is -0.143. The summed E-state index contributed by atoms with van der Waals surface area (Å²) in [6.45, 7) is -0.242. The molecule has 1 aromatic rings. The largest absolute Gasteiger partial charge is 0.394 e. The van der Waals surface area contributed by atoms with E-state index in [2.05, 4.69) is 0 Å². The molecule has 1 aliphatic carbocycles. The molecular formula is C16H17NO3. The maximum absolute atomic E-state index is 12.5. The van der Waals surface area contributed by atoms with Crippen molar-refractivity contribution in [1.29, 1.82) is 0 Å². The Balaban J connectivity index is 1.93. The van der Waals surface area contributed by atoms with Crippen molar-refractivity contribution in [2.75, 3.05) is 6.61 Å². The Morgan fingerprint density at radius 3 is 2.10 bits per heavy atom. The summed E-state index contributed by atoms with van der Waals surface area (Å²) in [7, 11) is 0. The molecular weight excluding hydrogens is 254 g/mol. The van der Waals surface area contributed by atoms with Gasteiger partial charge in [-0.25, -0.2) is 0 Å². The van der Waals surface area contributed by atoms with Gasteiger partial charge in [0, 0.05) is 0 Å². The first-order chi connectivity index (χ1) is 9.74. The van der Waals surface area contributed by atoms with Crippen LogP contribution in [0.15, 0.2) is 42.5 Å². The number of nitrogens with zero attached hydrogens (tertiary/aromatic N) is 1. The average Bonchev–Trinajstić information content (AvgIpc) is 2.75. The summed E-state index contributed by atoms with van der Waals surface area (Å²) in [4.78, 5) is 26.2. The molecule has 0 radical (unpaired) electrons. The van der Waals surface area contributed by atoms with Gasteiger partial charge in [0.1, 0.15) is 0 Å². The minimum atomic E-state index is -0.568. The fourth-order valence-electron chi connectivity index (χ4n) is 3.14. The van der Waals surface area contributed by atoms with Crippen LogP contribution in [0.5, 0.6) is 0 Å². The van der Waals surface area contributed by atoms with Gasteiger partial charge in [-0.2, -0.15) is 0 Å². The van der Waals surface area contributed by atoms with Crippen LogP contribution >= 0.6 is 0 Å². The number of benzene rings is 1. The number of amides is 2. The molecule has 3 rings (SSSR count). The third-order valence-electron chi connectivity index (χ3n) is 4.21. The predicted octanol–water partition coefficient (Wildman–Crippen LogP) is 1.67. The van der Waals surface area contributed by atoms with Crippen LogP contribution in [-0.4, -0.2) is 28.4 Å². The van der Waals surface area contributed by atoms with Crippen LogP contribution in [0.1, 0.15) is 24.4 Å². The molecule has 20 heavy (non-hydrogen) atoms. The molecule has 1 saturated heterocycles. The molecule has 0 bridgehead atoms. The summed E-state index contributed by atoms with van der Waals surface area (Å²) in [5, 5.41) is 9.65. The van der Waals surface area contributed by atoms with E-state index in [9.17, 15) is 14.7 Å². The molecule has 0 aromatic heterocycles. The molecule has 0 saturated carbocycles. The number of likely N-dealkylation sites (tertiary alicyclic amines) is 1. The van der Waals surface area contributed by atoms with E-state index in [0.717, 1.165) is 5.56 Å². The van der Waals surface area contributed by atoms with E-state index in [1.54, 1.807) is 0 Å². The van der Waals surface area contributed by atoms with Crippen LogP contribution < -0.4 is 0 Å². The second-order valence-electron chi connectivity index (χ2n) is 5.31. The Labute approximate surface area is 117 Å². The average molecular weight is 271 g/mol. The molecule has 2 amide bonds. The van der Waals surface area contributed by atoms with Gasteiger partial charge in [0.15, 0.2) is 0 Å². The molecule has 1 N–H and O–H groups in total. The summed E-state index contributed by atoms with van der Waals surface area (Å²) in [5.74, 6) is -0.782. The van der Waals surface area contributed by atoms with Crippen LogP contribution in [0.2, 0.25) is 0 Å².